The lowest BCUT2D eigenvalue weighted by atomic mass is 9.79. The van der Waals surface area contributed by atoms with E-state index in [1.807, 2.05) is 7.05 Å². The first kappa shape index (κ1) is 23.7. The van der Waals surface area contributed by atoms with Crippen molar-refractivity contribution >= 4 is 35.8 Å². The molecule has 0 aromatic carbocycles. The zero-order valence-electron chi connectivity index (χ0n) is 18.0. The van der Waals surface area contributed by atoms with E-state index in [1.54, 1.807) is 0 Å². The highest BCUT2D eigenvalue weighted by atomic mass is 127. The Bertz CT molecular complexity index is 507. The van der Waals surface area contributed by atoms with Crippen molar-refractivity contribution in [3.63, 3.8) is 0 Å². The van der Waals surface area contributed by atoms with Crippen LogP contribution in [0.4, 0.5) is 0 Å². The van der Waals surface area contributed by atoms with Gasteiger partial charge >= 0.3 is 0 Å². The van der Waals surface area contributed by atoms with E-state index in [4.69, 9.17) is 0 Å². The summed E-state index contributed by atoms with van der Waals surface area (Å²) in [5, 5.41) is 6.41. The first-order chi connectivity index (χ1) is 13.1. The monoisotopic (exact) mass is 505 g/mol. The Morgan fingerprint density at radius 1 is 0.964 bits per heavy atom. The molecule has 0 radical (unpaired) electrons. The van der Waals surface area contributed by atoms with Gasteiger partial charge in [-0.3, -0.25) is 14.7 Å². The third-order valence-electron chi connectivity index (χ3n) is 6.68. The van der Waals surface area contributed by atoms with Gasteiger partial charge in [-0.15, -0.1) is 24.0 Å². The normalized spacial score (nSPS) is 26.7. The minimum absolute atomic E-state index is 0. The van der Waals surface area contributed by atoms with Crippen LogP contribution in [0.15, 0.2) is 4.99 Å². The fourth-order valence-corrected chi connectivity index (χ4v) is 4.61. The zero-order chi connectivity index (χ0) is 19.2. The van der Waals surface area contributed by atoms with Crippen LogP contribution in [-0.4, -0.2) is 74.0 Å². The summed E-state index contributed by atoms with van der Waals surface area (Å²) in [6.07, 6.45) is 7.67. The summed E-state index contributed by atoms with van der Waals surface area (Å²) in [5.41, 5.74) is 0. The molecular weight excluding hydrogens is 465 g/mol. The molecule has 2 saturated carbocycles. The molecule has 162 valence electrons. The molecule has 2 aliphatic carbocycles. The topological polar surface area (TPSA) is 60.0 Å². The molecule has 7 heteroatoms. The summed E-state index contributed by atoms with van der Waals surface area (Å²) < 4.78 is 0. The lowest BCUT2D eigenvalue weighted by Gasteiger charge is -2.43. The van der Waals surface area contributed by atoms with E-state index in [0.29, 0.717) is 6.54 Å². The van der Waals surface area contributed by atoms with E-state index >= 15 is 0 Å². The van der Waals surface area contributed by atoms with Crippen molar-refractivity contribution in [2.75, 3.05) is 46.3 Å². The molecular formula is C21H40IN5O. The molecule has 3 rings (SSSR count). The molecule has 0 bridgehead atoms. The van der Waals surface area contributed by atoms with Crippen LogP contribution in [-0.2, 0) is 4.79 Å². The van der Waals surface area contributed by atoms with Gasteiger partial charge < -0.3 is 15.5 Å². The highest BCUT2D eigenvalue weighted by molar-refractivity contribution is 14.0. The van der Waals surface area contributed by atoms with E-state index < -0.39 is 0 Å². The van der Waals surface area contributed by atoms with Crippen molar-refractivity contribution in [1.29, 1.82) is 0 Å². The van der Waals surface area contributed by atoms with Crippen LogP contribution in [0.25, 0.3) is 0 Å². The van der Waals surface area contributed by atoms with Crippen molar-refractivity contribution in [1.82, 2.24) is 20.4 Å². The Morgan fingerprint density at radius 3 is 2.11 bits per heavy atom. The Balaban J connectivity index is 0.00000280. The van der Waals surface area contributed by atoms with Gasteiger partial charge in [0.15, 0.2) is 5.96 Å². The third-order valence-corrected chi connectivity index (χ3v) is 6.68. The van der Waals surface area contributed by atoms with Crippen LogP contribution in [0.2, 0.25) is 0 Å². The van der Waals surface area contributed by atoms with Crippen LogP contribution < -0.4 is 10.6 Å². The Kier molecular flexibility index (Phi) is 9.80. The van der Waals surface area contributed by atoms with E-state index in [-0.39, 0.29) is 35.8 Å². The van der Waals surface area contributed by atoms with E-state index in [1.165, 1.54) is 25.7 Å². The summed E-state index contributed by atoms with van der Waals surface area (Å²) in [4.78, 5) is 21.2. The van der Waals surface area contributed by atoms with E-state index in [0.717, 1.165) is 69.4 Å². The fraction of sp³-hybridized carbons (Fsp3) is 0.905. The summed E-state index contributed by atoms with van der Waals surface area (Å²) in [7, 11) is 1.85. The smallest absolute Gasteiger partial charge is 0.223 e. The number of nitrogens with zero attached hydrogens (tertiary/aromatic N) is 3. The summed E-state index contributed by atoms with van der Waals surface area (Å²) in [5.74, 6) is 3.25. The predicted octanol–water partition coefficient (Wildman–Crippen LogP) is 2.54. The van der Waals surface area contributed by atoms with Gasteiger partial charge in [-0.05, 0) is 50.4 Å². The lowest BCUT2D eigenvalue weighted by molar-refractivity contribution is -0.122. The number of amides is 1. The first-order valence-corrected chi connectivity index (χ1v) is 11.1. The molecule has 6 nitrogen and oxygen atoms in total. The number of piperazine rings is 1. The number of rotatable bonds is 6. The minimum atomic E-state index is 0. The van der Waals surface area contributed by atoms with Crippen molar-refractivity contribution in [2.45, 2.75) is 58.4 Å². The second-order valence-electron chi connectivity index (χ2n) is 8.87. The number of halogens is 1. The standard InChI is InChI=1S/C21H39N5O.HI/c1-16(2)17-6-8-19(9-7-17)25-12-14-26(15-13-25)21(22-3)24-11-10-23-20(27)18-4-5-18;/h16-19H,4-15H2,1-3H3,(H,22,24)(H,23,27);1H. The molecule has 0 spiro atoms. The maximum atomic E-state index is 11.7. The van der Waals surface area contributed by atoms with Gasteiger partial charge in [-0.2, -0.15) is 0 Å². The lowest BCUT2D eigenvalue weighted by Crippen LogP contribution is -2.55. The third kappa shape index (κ3) is 6.75. The maximum Gasteiger partial charge on any atom is 0.223 e. The van der Waals surface area contributed by atoms with Gasteiger partial charge in [0, 0.05) is 58.3 Å². The highest BCUT2D eigenvalue weighted by Gasteiger charge is 2.30. The minimum Gasteiger partial charge on any atom is -0.354 e. The Hall–Kier alpha value is -0.570. The van der Waals surface area contributed by atoms with Crippen LogP contribution in [0.5, 0.6) is 0 Å². The second-order valence-corrected chi connectivity index (χ2v) is 8.87. The number of aliphatic imine (C=N–C) groups is 1. The van der Waals surface area contributed by atoms with Gasteiger partial charge in [0.25, 0.3) is 0 Å². The number of hydrogen-bond donors (Lipinski definition) is 2. The molecule has 2 N–H and O–H groups in total. The number of carbonyl (C=O) groups excluding carboxylic acids is 1. The van der Waals surface area contributed by atoms with E-state index in [2.05, 4.69) is 39.3 Å². The van der Waals surface area contributed by atoms with Crippen LogP contribution in [0.3, 0.4) is 0 Å². The number of hydrogen-bond acceptors (Lipinski definition) is 3. The molecule has 0 unspecified atom stereocenters. The first-order valence-electron chi connectivity index (χ1n) is 11.1. The molecule has 1 aliphatic heterocycles. The molecule has 0 aromatic heterocycles. The molecule has 1 amide bonds. The van der Waals surface area contributed by atoms with Gasteiger partial charge in [-0.1, -0.05) is 13.8 Å². The van der Waals surface area contributed by atoms with Crippen LogP contribution in [0, 0.1) is 17.8 Å². The van der Waals surface area contributed by atoms with Gasteiger partial charge in [0.2, 0.25) is 5.91 Å². The highest BCUT2D eigenvalue weighted by Crippen LogP contribution is 2.32. The quantitative estimate of drug-likeness (QED) is 0.252. The molecule has 3 fully saturated rings. The number of carbonyl (C=O) groups is 1. The van der Waals surface area contributed by atoms with Crippen molar-refractivity contribution in [2.24, 2.45) is 22.7 Å². The molecule has 0 atom stereocenters. The van der Waals surface area contributed by atoms with E-state index in [9.17, 15) is 4.79 Å². The summed E-state index contributed by atoms with van der Waals surface area (Å²) >= 11 is 0. The van der Waals surface area contributed by atoms with Gasteiger partial charge in [-0.25, -0.2) is 0 Å². The number of nitrogens with one attached hydrogen (secondary N) is 2. The van der Waals surface area contributed by atoms with Crippen molar-refractivity contribution in [3.05, 3.63) is 0 Å². The average Bonchev–Trinajstić information content (AvgIpc) is 3.54. The second kappa shape index (κ2) is 11.6. The molecule has 3 aliphatic rings. The fourth-order valence-electron chi connectivity index (χ4n) is 4.61. The van der Waals surface area contributed by atoms with Gasteiger partial charge in [0.05, 0.1) is 0 Å². The average molecular weight is 505 g/mol. The predicted molar refractivity (Wildman–Crippen MR) is 126 cm³/mol. The molecule has 28 heavy (non-hydrogen) atoms. The number of guanidine groups is 1. The molecule has 1 heterocycles. The largest absolute Gasteiger partial charge is 0.354 e. The molecule has 0 aromatic rings. The van der Waals surface area contributed by atoms with Crippen molar-refractivity contribution in [3.8, 4) is 0 Å². The van der Waals surface area contributed by atoms with Crippen LogP contribution >= 0.6 is 24.0 Å². The maximum absolute atomic E-state index is 11.7. The van der Waals surface area contributed by atoms with Crippen LogP contribution in [0.1, 0.15) is 52.4 Å². The van der Waals surface area contributed by atoms with Crippen molar-refractivity contribution < 1.29 is 4.79 Å². The molecule has 1 saturated heterocycles. The Labute approximate surface area is 188 Å². The summed E-state index contributed by atoms with van der Waals surface area (Å²) in [6, 6.07) is 0.787. The zero-order valence-corrected chi connectivity index (χ0v) is 20.3. The summed E-state index contributed by atoms with van der Waals surface area (Å²) in [6.45, 7) is 10.5. The SMILES string of the molecule is CN=C(NCCNC(=O)C1CC1)N1CCN(C2CCC(C(C)C)CC2)CC1.I. The van der Waals surface area contributed by atoms with Gasteiger partial charge in [0.1, 0.15) is 0 Å². The Morgan fingerprint density at radius 2 is 1.57 bits per heavy atom.